The van der Waals surface area contributed by atoms with Crippen molar-refractivity contribution >= 4 is 16.7 Å². The summed E-state index contributed by atoms with van der Waals surface area (Å²) in [5.74, 6) is 1.60. The number of fused-ring (bicyclic) bond motifs is 1. The van der Waals surface area contributed by atoms with Crippen LogP contribution < -0.4 is 14.8 Å². The number of ether oxygens (including phenoxy) is 2. The summed E-state index contributed by atoms with van der Waals surface area (Å²) in [7, 11) is 0. The van der Waals surface area contributed by atoms with E-state index in [0.717, 1.165) is 16.7 Å². The van der Waals surface area contributed by atoms with Gasteiger partial charge in [-0.1, -0.05) is 60.2 Å². The Bertz CT molecular complexity index is 1270. The van der Waals surface area contributed by atoms with Crippen LogP contribution in [-0.4, -0.2) is 24.2 Å². The van der Waals surface area contributed by atoms with E-state index in [0.29, 0.717) is 36.5 Å². The highest BCUT2D eigenvalue weighted by molar-refractivity contribution is 6.05. The minimum atomic E-state index is -0.359. The third-order valence-corrected chi connectivity index (χ3v) is 5.39. The molecule has 0 aliphatic carbocycles. The molecule has 0 unspecified atom stereocenters. The Labute approximate surface area is 193 Å². The summed E-state index contributed by atoms with van der Waals surface area (Å²) in [4.78, 5) is 12.9. The van der Waals surface area contributed by atoms with Gasteiger partial charge in [-0.3, -0.25) is 4.79 Å². The molecule has 168 valence electrons. The Morgan fingerprint density at radius 2 is 1.61 bits per heavy atom. The number of aryl methyl sites for hydroxylation is 2. The highest BCUT2D eigenvalue weighted by Crippen LogP contribution is 2.38. The molecule has 0 saturated heterocycles. The van der Waals surface area contributed by atoms with Crippen LogP contribution in [0.4, 0.5) is 0 Å². The monoisotopic (exact) mass is 441 g/mol. The Kier molecular flexibility index (Phi) is 6.79. The van der Waals surface area contributed by atoms with E-state index in [4.69, 9.17) is 9.47 Å². The first kappa shape index (κ1) is 22.2. The van der Waals surface area contributed by atoms with E-state index in [2.05, 4.69) is 11.4 Å². The van der Waals surface area contributed by atoms with Gasteiger partial charge >= 0.3 is 0 Å². The van der Waals surface area contributed by atoms with E-state index in [-0.39, 0.29) is 17.2 Å². The number of hydrogen-bond donors (Lipinski definition) is 2. The molecule has 0 saturated carbocycles. The van der Waals surface area contributed by atoms with Crippen LogP contribution in [0.1, 0.15) is 27.9 Å². The van der Waals surface area contributed by atoms with Crippen LogP contribution in [0.2, 0.25) is 0 Å². The highest BCUT2D eigenvalue weighted by Gasteiger charge is 2.18. The van der Waals surface area contributed by atoms with Crippen molar-refractivity contribution in [1.82, 2.24) is 5.32 Å². The smallest absolute Gasteiger partial charge is 0.255 e. The van der Waals surface area contributed by atoms with Crippen molar-refractivity contribution in [2.24, 2.45) is 0 Å². The van der Waals surface area contributed by atoms with Crippen LogP contribution in [0.3, 0.4) is 0 Å². The summed E-state index contributed by atoms with van der Waals surface area (Å²) >= 11 is 0. The SMILES string of the molecule is Cc1ccc(OCCCNC(=O)c2cc(Oc3ccccc3)c3ccccc3c2O)c(C)c1. The number of benzene rings is 4. The van der Waals surface area contributed by atoms with Gasteiger partial charge in [0.25, 0.3) is 5.91 Å². The summed E-state index contributed by atoms with van der Waals surface area (Å²) < 4.78 is 11.9. The van der Waals surface area contributed by atoms with E-state index in [1.54, 1.807) is 12.1 Å². The topological polar surface area (TPSA) is 67.8 Å². The van der Waals surface area contributed by atoms with Crippen molar-refractivity contribution in [2.45, 2.75) is 20.3 Å². The molecule has 0 fully saturated rings. The van der Waals surface area contributed by atoms with Gasteiger partial charge in [0.2, 0.25) is 0 Å². The molecule has 2 N–H and O–H groups in total. The third-order valence-electron chi connectivity index (χ3n) is 5.39. The molecule has 0 aliphatic rings. The number of carbonyl (C=O) groups is 1. The molecule has 4 rings (SSSR count). The van der Waals surface area contributed by atoms with Crippen molar-refractivity contribution in [2.75, 3.05) is 13.2 Å². The Balaban J connectivity index is 1.44. The van der Waals surface area contributed by atoms with Gasteiger partial charge in [-0.05, 0) is 50.1 Å². The first-order valence-electron chi connectivity index (χ1n) is 11.0. The van der Waals surface area contributed by atoms with Gasteiger partial charge < -0.3 is 19.9 Å². The summed E-state index contributed by atoms with van der Waals surface area (Å²) in [6, 6.07) is 24.3. The fourth-order valence-corrected chi connectivity index (χ4v) is 3.71. The number of para-hydroxylation sites is 1. The number of nitrogens with one attached hydrogen (secondary N) is 1. The van der Waals surface area contributed by atoms with Gasteiger partial charge in [0.15, 0.2) is 0 Å². The average Bonchev–Trinajstić information content (AvgIpc) is 2.82. The largest absolute Gasteiger partial charge is 0.506 e. The van der Waals surface area contributed by atoms with Gasteiger partial charge in [0.1, 0.15) is 23.0 Å². The quantitative estimate of drug-likeness (QED) is 0.322. The maximum atomic E-state index is 12.9. The van der Waals surface area contributed by atoms with Gasteiger partial charge in [-0.15, -0.1) is 0 Å². The fraction of sp³-hybridized carbons (Fsp3) is 0.179. The van der Waals surface area contributed by atoms with Crippen LogP contribution >= 0.6 is 0 Å². The molecule has 4 aromatic carbocycles. The van der Waals surface area contributed by atoms with E-state index >= 15 is 0 Å². The summed E-state index contributed by atoms with van der Waals surface area (Å²) in [5, 5.41) is 14.9. The second kappa shape index (κ2) is 10.1. The fourth-order valence-electron chi connectivity index (χ4n) is 3.71. The predicted molar refractivity (Wildman–Crippen MR) is 130 cm³/mol. The van der Waals surface area contributed by atoms with Crippen LogP contribution in [0, 0.1) is 13.8 Å². The first-order chi connectivity index (χ1) is 16.0. The molecular formula is C28H27NO4. The lowest BCUT2D eigenvalue weighted by molar-refractivity contribution is 0.0949. The summed E-state index contributed by atoms with van der Waals surface area (Å²) in [6.45, 7) is 4.97. The molecule has 0 aromatic heterocycles. The molecule has 0 heterocycles. The highest BCUT2D eigenvalue weighted by atomic mass is 16.5. The number of phenolic OH excluding ortho intramolecular Hbond substituents is 1. The molecule has 0 bridgehead atoms. The second-order valence-electron chi connectivity index (χ2n) is 7.96. The Morgan fingerprint density at radius 1 is 0.879 bits per heavy atom. The van der Waals surface area contributed by atoms with Gasteiger partial charge in [0, 0.05) is 17.3 Å². The molecule has 1 amide bonds. The zero-order chi connectivity index (χ0) is 23.2. The average molecular weight is 442 g/mol. The molecular weight excluding hydrogens is 414 g/mol. The van der Waals surface area contributed by atoms with Crippen molar-refractivity contribution in [1.29, 1.82) is 0 Å². The van der Waals surface area contributed by atoms with Gasteiger partial charge in [-0.2, -0.15) is 0 Å². The molecule has 33 heavy (non-hydrogen) atoms. The van der Waals surface area contributed by atoms with E-state index in [1.165, 1.54) is 5.56 Å². The summed E-state index contributed by atoms with van der Waals surface area (Å²) in [5.41, 5.74) is 2.46. The van der Waals surface area contributed by atoms with Gasteiger partial charge in [0.05, 0.1) is 12.2 Å². The number of phenols is 1. The zero-order valence-corrected chi connectivity index (χ0v) is 18.8. The molecule has 4 aromatic rings. The van der Waals surface area contributed by atoms with Crippen LogP contribution in [0.25, 0.3) is 10.8 Å². The van der Waals surface area contributed by atoms with E-state index in [1.807, 2.05) is 74.5 Å². The summed E-state index contributed by atoms with van der Waals surface area (Å²) in [6.07, 6.45) is 0.640. The number of rotatable bonds is 8. The van der Waals surface area contributed by atoms with Crippen LogP contribution in [0.15, 0.2) is 78.9 Å². The minimum Gasteiger partial charge on any atom is -0.506 e. The number of aromatic hydroxyl groups is 1. The molecule has 0 radical (unpaired) electrons. The van der Waals surface area contributed by atoms with Crippen LogP contribution in [0.5, 0.6) is 23.0 Å². The Morgan fingerprint density at radius 3 is 2.36 bits per heavy atom. The van der Waals surface area contributed by atoms with Crippen molar-refractivity contribution in [3.63, 3.8) is 0 Å². The van der Waals surface area contributed by atoms with Gasteiger partial charge in [-0.25, -0.2) is 0 Å². The third kappa shape index (κ3) is 5.26. The molecule has 5 nitrogen and oxygen atoms in total. The van der Waals surface area contributed by atoms with Crippen molar-refractivity contribution in [3.05, 3.63) is 95.6 Å². The van der Waals surface area contributed by atoms with Crippen molar-refractivity contribution in [3.8, 4) is 23.0 Å². The Hall–Kier alpha value is -3.99. The lowest BCUT2D eigenvalue weighted by Crippen LogP contribution is -2.25. The molecule has 0 atom stereocenters. The standard InChI is InChI=1S/C28H27NO4/c1-19-13-14-25(20(2)17-19)32-16-8-15-29-28(31)24-18-26(33-21-9-4-3-5-10-21)22-11-6-7-12-23(22)27(24)30/h3-7,9-14,17-18,30H,8,15-16H2,1-2H3,(H,29,31). The normalized spacial score (nSPS) is 10.7. The van der Waals surface area contributed by atoms with E-state index in [9.17, 15) is 9.90 Å². The maximum absolute atomic E-state index is 12.9. The first-order valence-corrected chi connectivity index (χ1v) is 11.0. The lowest BCUT2D eigenvalue weighted by atomic mass is 10.0. The number of carbonyl (C=O) groups excluding carboxylic acids is 1. The molecule has 5 heteroatoms. The zero-order valence-electron chi connectivity index (χ0n) is 18.8. The lowest BCUT2D eigenvalue weighted by Gasteiger charge is -2.14. The predicted octanol–water partition coefficient (Wildman–Crippen LogP) is 6.15. The molecule has 0 aliphatic heterocycles. The van der Waals surface area contributed by atoms with Crippen molar-refractivity contribution < 1.29 is 19.4 Å². The minimum absolute atomic E-state index is 0.0601. The molecule has 0 spiro atoms. The van der Waals surface area contributed by atoms with Crippen LogP contribution in [-0.2, 0) is 0 Å². The number of amides is 1. The van der Waals surface area contributed by atoms with E-state index < -0.39 is 0 Å². The number of hydrogen-bond acceptors (Lipinski definition) is 4. The maximum Gasteiger partial charge on any atom is 0.255 e. The second-order valence-corrected chi connectivity index (χ2v) is 7.96.